The van der Waals surface area contributed by atoms with E-state index in [0.717, 1.165) is 0 Å². The molecule has 6 heteroatoms. The third-order valence-electron chi connectivity index (χ3n) is 2.94. The molecule has 0 aliphatic carbocycles. The van der Waals surface area contributed by atoms with Crippen LogP contribution >= 0.6 is 23.2 Å². The number of Topliss-reactive ketones (excluding diaryl/α,β-unsaturated/α-hetero) is 1. The first-order chi connectivity index (χ1) is 10.5. The van der Waals surface area contributed by atoms with Crippen LogP contribution in [0.15, 0.2) is 42.5 Å². The Morgan fingerprint density at radius 2 is 1.91 bits per heavy atom. The van der Waals surface area contributed by atoms with Gasteiger partial charge >= 0.3 is 0 Å². The number of nitriles is 1. The lowest BCUT2D eigenvalue weighted by atomic mass is 9.96. The second-order valence-electron chi connectivity index (χ2n) is 4.48. The Labute approximate surface area is 137 Å². The summed E-state index contributed by atoms with van der Waals surface area (Å²) >= 11 is 11.8. The van der Waals surface area contributed by atoms with Crippen molar-refractivity contribution < 1.29 is 14.6 Å². The van der Waals surface area contributed by atoms with Gasteiger partial charge in [-0.05, 0) is 42.0 Å². The Morgan fingerprint density at radius 1 is 1.23 bits per heavy atom. The van der Waals surface area contributed by atoms with Crippen molar-refractivity contribution in [2.75, 3.05) is 6.61 Å². The third-order valence-corrected chi connectivity index (χ3v) is 3.50. The summed E-state index contributed by atoms with van der Waals surface area (Å²) < 4.78 is 5.31. The SMILES string of the molecule is N#CC(C(=O)COc1ccc(O)cc1)c1ccc(Cl)cc1Cl. The summed E-state index contributed by atoms with van der Waals surface area (Å²) in [6.07, 6.45) is 0. The molecule has 0 amide bonds. The molecule has 4 nitrogen and oxygen atoms in total. The van der Waals surface area contributed by atoms with Crippen LogP contribution in [0.1, 0.15) is 11.5 Å². The van der Waals surface area contributed by atoms with Crippen molar-refractivity contribution >= 4 is 29.0 Å². The molecule has 1 N–H and O–H groups in total. The number of rotatable bonds is 5. The maximum absolute atomic E-state index is 12.2. The summed E-state index contributed by atoms with van der Waals surface area (Å²) in [6.45, 7) is -0.276. The molecule has 0 bridgehead atoms. The fourth-order valence-electron chi connectivity index (χ4n) is 1.83. The molecule has 0 aromatic heterocycles. The fourth-order valence-corrected chi connectivity index (χ4v) is 2.35. The third kappa shape index (κ3) is 3.91. The van der Waals surface area contributed by atoms with E-state index in [2.05, 4.69) is 0 Å². The molecule has 2 aromatic carbocycles. The number of carbonyl (C=O) groups is 1. The summed E-state index contributed by atoms with van der Waals surface area (Å²) in [6, 6.07) is 12.5. The van der Waals surface area contributed by atoms with Crippen molar-refractivity contribution in [1.29, 1.82) is 5.26 Å². The van der Waals surface area contributed by atoms with Crippen LogP contribution in [0.25, 0.3) is 0 Å². The molecule has 2 rings (SSSR count). The highest BCUT2D eigenvalue weighted by molar-refractivity contribution is 6.35. The molecule has 0 saturated carbocycles. The van der Waals surface area contributed by atoms with Gasteiger partial charge in [-0.3, -0.25) is 4.79 Å². The topological polar surface area (TPSA) is 70.3 Å². The molecule has 0 saturated heterocycles. The minimum Gasteiger partial charge on any atom is -0.508 e. The van der Waals surface area contributed by atoms with Gasteiger partial charge in [0.25, 0.3) is 0 Å². The molecular weight excluding hydrogens is 325 g/mol. The normalized spacial score (nSPS) is 11.5. The fraction of sp³-hybridized carbons (Fsp3) is 0.125. The smallest absolute Gasteiger partial charge is 0.191 e. The summed E-state index contributed by atoms with van der Waals surface area (Å²) in [4.78, 5) is 12.2. The van der Waals surface area contributed by atoms with E-state index in [1.54, 1.807) is 12.1 Å². The predicted molar refractivity (Wildman–Crippen MR) is 83.4 cm³/mol. The Hall–Kier alpha value is -2.22. The van der Waals surface area contributed by atoms with Gasteiger partial charge in [0.05, 0.1) is 6.07 Å². The van der Waals surface area contributed by atoms with Crippen molar-refractivity contribution in [3.8, 4) is 17.6 Å². The number of nitrogens with zero attached hydrogens (tertiary/aromatic N) is 1. The van der Waals surface area contributed by atoms with E-state index in [1.165, 1.54) is 30.3 Å². The lowest BCUT2D eigenvalue weighted by molar-refractivity contribution is -0.121. The van der Waals surface area contributed by atoms with Gasteiger partial charge in [-0.1, -0.05) is 29.3 Å². The van der Waals surface area contributed by atoms with Gasteiger partial charge < -0.3 is 9.84 Å². The molecule has 0 spiro atoms. The van der Waals surface area contributed by atoms with E-state index in [1.807, 2.05) is 6.07 Å². The zero-order chi connectivity index (χ0) is 16.1. The lowest BCUT2D eigenvalue weighted by Crippen LogP contribution is -2.19. The highest BCUT2D eigenvalue weighted by Crippen LogP contribution is 2.28. The molecular formula is C16H11Cl2NO3. The maximum atomic E-state index is 12.2. The number of carbonyl (C=O) groups excluding carboxylic acids is 1. The number of benzene rings is 2. The molecule has 1 atom stereocenters. The van der Waals surface area contributed by atoms with E-state index in [4.69, 9.17) is 27.9 Å². The molecule has 0 fully saturated rings. The lowest BCUT2D eigenvalue weighted by Gasteiger charge is -2.11. The molecule has 22 heavy (non-hydrogen) atoms. The first kappa shape index (κ1) is 16.2. The molecule has 0 radical (unpaired) electrons. The van der Waals surface area contributed by atoms with E-state index in [-0.39, 0.29) is 17.4 Å². The Morgan fingerprint density at radius 3 is 2.50 bits per heavy atom. The van der Waals surface area contributed by atoms with Crippen LogP contribution in [-0.4, -0.2) is 17.5 Å². The van der Waals surface area contributed by atoms with Crippen LogP contribution < -0.4 is 4.74 Å². The van der Waals surface area contributed by atoms with Gasteiger partial charge in [-0.2, -0.15) is 5.26 Å². The summed E-state index contributed by atoms with van der Waals surface area (Å²) in [5, 5.41) is 19.1. The van der Waals surface area contributed by atoms with Crippen LogP contribution in [0.2, 0.25) is 10.0 Å². The number of halogens is 2. The van der Waals surface area contributed by atoms with Gasteiger partial charge in [0.2, 0.25) is 0 Å². The minimum atomic E-state index is -1.03. The average Bonchev–Trinajstić information content (AvgIpc) is 2.49. The molecule has 0 heterocycles. The molecule has 112 valence electrons. The highest BCUT2D eigenvalue weighted by Gasteiger charge is 2.23. The summed E-state index contributed by atoms with van der Waals surface area (Å²) in [5.74, 6) is -0.923. The number of ether oxygens (including phenoxy) is 1. The average molecular weight is 336 g/mol. The Bertz CT molecular complexity index is 723. The maximum Gasteiger partial charge on any atom is 0.191 e. The quantitative estimate of drug-likeness (QED) is 0.897. The summed E-state index contributed by atoms with van der Waals surface area (Å²) in [7, 11) is 0. The standard InChI is InChI=1S/C16H11Cl2NO3/c17-10-1-6-13(15(18)7-10)14(8-19)16(21)9-22-12-4-2-11(20)3-5-12/h1-7,14,20H,9H2. The Balaban J connectivity index is 2.09. The van der Waals surface area contributed by atoms with Gasteiger partial charge in [-0.15, -0.1) is 0 Å². The van der Waals surface area contributed by atoms with Crippen LogP contribution in [0.3, 0.4) is 0 Å². The molecule has 2 aromatic rings. The molecule has 0 aliphatic heterocycles. The monoisotopic (exact) mass is 335 g/mol. The van der Waals surface area contributed by atoms with Gasteiger partial charge in [0.15, 0.2) is 5.78 Å². The second kappa shape index (κ2) is 7.17. The number of phenols is 1. The molecule has 0 aliphatic rings. The minimum absolute atomic E-state index is 0.0986. The van der Waals surface area contributed by atoms with E-state index >= 15 is 0 Å². The largest absolute Gasteiger partial charge is 0.508 e. The van der Waals surface area contributed by atoms with Crippen LogP contribution in [0.5, 0.6) is 11.5 Å². The first-order valence-electron chi connectivity index (χ1n) is 6.30. The number of hydrogen-bond acceptors (Lipinski definition) is 4. The van der Waals surface area contributed by atoms with E-state index in [9.17, 15) is 15.2 Å². The van der Waals surface area contributed by atoms with Crippen LogP contribution in [0.4, 0.5) is 0 Å². The molecule has 1 unspecified atom stereocenters. The van der Waals surface area contributed by atoms with Crippen molar-refractivity contribution in [2.24, 2.45) is 0 Å². The zero-order valence-corrected chi connectivity index (χ0v) is 12.8. The van der Waals surface area contributed by atoms with Crippen LogP contribution in [-0.2, 0) is 4.79 Å². The number of hydrogen-bond donors (Lipinski definition) is 1. The van der Waals surface area contributed by atoms with Gasteiger partial charge in [0, 0.05) is 10.0 Å². The summed E-state index contributed by atoms with van der Waals surface area (Å²) in [5.41, 5.74) is 0.396. The number of aromatic hydroxyl groups is 1. The Kier molecular flexibility index (Phi) is 5.26. The highest BCUT2D eigenvalue weighted by atomic mass is 35.5. The first-order valence-corrected chi connectivity index (χ1v) is 7.06. The van der Waals surface area contributed by atoms with E-state index < -0.39 is 11.7 Å². The van der Waals surface area contributed by atoms with Crippen LogP contribution in [0, 0.1) is 11.3 Å². The number of ketones is 1. The second-order valence-corrected chi connectivity index (χ2v) is 5.32. The zero-order valence-electron chi connectivity index (χ0n) is 11.3. The van der Waals surface area contributed by atoms with Crippen molar-refractivity contribution in [1.82, 2.24) is 0 Å². The number of phenolic OH excluding ortho intramolecular Hbond substituents is 1. The predicted octanol–water partition coefficient (Wildman–Crippen LogP) is 3.95. The van der Waals surface area contributed by atoms with E-state index in [0.29, 0.717) is 16.3 Å². The van der Waals surface area contributed by atoms with Gasteiger partial charge in [0.1, 0.15) is 24.0 Å². The van der Waals surface area contributed by atoms with Crippen molar-refractivity contribution in [3.63, 3.8) is 0 Å². The van der Waals surface area contributed by atoms with Crippen molar-refractivity contribution in [3.05, 3.63) is 58.1 Å². The van der Waals surface area contributed by atoms with Gasteiger partial charge in [-0.25, -0.2) is 0 Å². The van der Waals surface area contributed by atoms with Crippen molar-refractivity contribution in [2.45, 2.75) is 5.92 Å².